The first-order valence-electron chi connectivity index (χ1n) is 6.16. The number of rotatable bonds is 2. The molecular weight excluding hydrogens is 220 g/mol. The Labute approximate surface area is 100 Å². The molecule has 3 aliphatic rings. The average molecular weight is 238 g/mol. The van der Waals surface area contributed by atoms with Gasteiger partial charge in [0.1, 0.15) is 6.10 Å². The molecule has 0 aromatic carbocycles. The van der Waals surface area contributed by atoms with Crippen LogP contribution >= 0.6 is 0 Å². The number of hydrogen-bond donors (Lipinski definition) is 1. The lowest BCUT2D eigenvalue weighted by Crippen LogP contribution is -2.45. The topological polar surface area (TPSA) is 71.2 Å². The highest BCUT2D eigenvalue weighted by atomic mass is 16.6. The molecule has 0 radical (unpaired) electrons. The lowest BCUT2D eigenvalue weighted by Gasteiger charge is -2.30. The van der Waals surface area contributed by atoms with Crippen molar-refractivity contribution in [2.24, 2.45) is 10.9 Å². The molecule has 0 aromatic rings. The van der Waals surface area contributed by atoms with Crippen LogP contribution in [0.2, 0.25) is 0 Å². The van der Waals surface area contributed by atoms with Crippen LogP contribution in [0.4, 0.5) is 4.79 Å². The number of piperidine rings is 1. The van der Waals surface area contributed by atoms with Crippen LogP contribution in [-0.4, -0.2) is 59.9 Å². The Bertz CT molecular complexity index is 370. The summed E-state index contributed by atoms with van der Waals surface area (Å²) >= 11 is 0. The fourth-order valence-electron chi connectivity index (χ4n) is 2.96. The molecule has 2 saturated heterocycles. The second-order valence-corrected chi connectivity index (χ2v) is 5.04. The van der Waals surface area contributed by atoms with Crippen LogP contribution in [0.3, 0.4) is 0 Å². The highest BCUT2D eigenvalue weighted by Gasteiger charge is 2.45. The van der Waals surface area contributed by atoms with Crippen LogP contribution < -0.4 is 5.73 Å². The summed E-state index contributed by atoms with van der Waals surface area (Å²) in [5.74, 6) is 0. The molecule has 2 N–H and O–H groups in total. The standard InChI is InChI=1S/C11H18N4O2/c1-14-7-2-3-10(15(6-7)11(14)16)9-4-8(5-12)17-13-9/h7-8,10H,2-6,12H2,1H3/t7-,8?,10+/m1/s1. The summed E-state index contributed by atoms with van der Waals surface area (Å²) in [6.45, 7) is 1.31. The van der Waals surface area contributed by atoms with Gasteiger partial charge in [0.25, 0.3) is 0 Å². The van der Waals surface area contributed by atoms with Crippen LogP contribution in [0.1, 0.15) is 19.3 Å². The first kappa shape index (κ1) is 10.8. The van der Waals surface area contributed by atoms with Gasteiger partial charge in [0.15, 0.2) is 0 Å². The fraction of sp³-hybridized carbons (Fsp3) is 0.818. The minimum atomic E-state index is -0.00171. The van der Waals surface area contributed by atoms with Gasteiger partial charge >= 0.3 is 6.03 Å². The van der Waals surface area contributed by atoms with Crippen LogP contribution in [-0.2, 0) is 4.84 Å². The number of likely N-dealkylation sites (N-methyl/N-ethyl adjacent to an activating group) is 1. The quantitative estimate of drug-likeness (QED) is 0.735. The molecule has 6 nitrogen and oxygen atoms in total. The molecule has 6 heteroatoms. The van der Waals surface area contributed by atoms with Crippen LogP contribution in [0.15, 0.2) is 5.16 Å². The lowest BCUT2D eigenvalue weighted by molar-refractivity contribution is 0.0917. The Hall–Kier alpha value is -1.30. The van der Waals surface area contributed by atoms with Gasteiger partial charge in [0.2, 0.25) is 0 Å². The third-order valence-electron chi connectivity index (χ3n) is 4.06. The normalized spacial score (nSPS) is 36.2. The molecule has 3 aliphatic heterocycles. The molecule has 2 bridgehead atoms. The van der Waals surface area contributed by atoms with Gasteiger partial charge in [-0.2, -0.15) is 0 Å². The van der Waals surface area contributed by atoms with Gasteiger partial charge in [-0.15, -0.1) is 0 Å². The number of nitrogens with two attached hydrogens (primary N) is 1. The molecule has 3 atom stereocenters. The van der Waals surface area contributed by atoms with E-state index < -0.39 is 0 Å². The van der Waals surface area contributed by atoms with E-state index >= 15 is 0 Å². The van der Waals surface area contributed by atoms with Crippen molar-refractivity contribution in [2.45, 2.75) is 37.5 Å². The van der Waals surface area contributed by atoms with Crippen molar-refractivity contribution in [3.05, 3.63) is 0 Å². The molecular formula is C11H18N4O2. The van der Waals surface area contributed by atoms with Gasteiger partial charge in [-0.05, 0) is 12.8 Å². The SMILES string of the molecule is CN1C(=O)N2C[C@H]1CC[C@H]2C1=NOC(CN)C1. The first-order chi connectivity index (χ1) is 8.20. The summed E-state index contributed by atoms with van der Waals surface area (Å²) in [5, 5.41) is 4.11. The highest BCUT2D eigenvalue weighted by molar-refractivity contribution is 5.94. The third-order valence-corrected chi connectivity index (χ3v) is 4.06. The number of hydrogen-bond acceptors (Lipinski definition) is 4. The maximum absolute atomic E-state index is 12.0. The lowest BCUT2D eigenvalue weighted by atomic mass is 9.94. The van der Waals surface area contributed by atoms with Crippen molar-refractivity contribution < 1.29 is 9.63 Å². The number of amides is 2. The largest absolute Gasteiger partial charge is 0.391 e. The minimum Gasteiger partial charge on any atom is -0.391 e. The van der Waals surface area contributed by atoms with Crippen molar-refractivity contribution in [1.82, 2.24) is 9.80 Å². The molecule has 0 aromatic heterocycles. The molecule has 17 heavy (non-hydrogen) atoms. The molecule has 3 heterocycles. The van der Waals surface area contributed by atoms with Crippen molar-refractivity contribution >= 4 is 11.7 Å². The van der Waals surface area contributed by atoms with E-state index in [9.17, 15) is 4.79 Å². The number of carbonyl (C=O) groups excluding carboxylic acids is 1. The Morgan fingerprint density at radius 1 is 1.53 bits per heavy atom. The van der Waals surface area contributed by atoms with Gasteiger partial charge in [-0.1, -0.05) is 5.16 Å². The maximum atomic E-state index is 12.0. The molecule has 0 spiro atoms. The van der Waals surface area contributed by atoms with E-state index in [-0.39, 0.29) is 18.2 Å². The maximum Gasteiger partial charge on any atom is 0.320 e. The molecule has 1 unspecified atom stereocenters. The second-order valence-electron chi connectivity index (χ2n) is 5.04. The average Bonchev–Trinajstić information content (AvgIpc) is 2.91. The van der Waals surface area contributed by atoms with E-state index in [1.54, 1.807) is 0 Å². The number of nitrogens with zero attached hydrogens (tertiary/aromatic N) is 3. The number of fused-ring (bicyclic) bond motifs is 2. The van der Waals surface area contributed by atoms with Crippen LogP contribution in [0, 0.1) is 0 Å². The van der Waals surface area contributed by atoms with E-state index in [0.717, 1.165) is 31.5 Å². The number of urea groups is 1. The van der Waals surface area contributed by atoms with Gasteiger partial charge in [-0.3, -0.25) is 0 Å². The van der Waals surface area contributed by atoms with Gasteiger partial charge in [0, 0.05) is 26.6 Å². The van der Waals surface area contributed by atoms with Crippen LogP contribution in [0.25, 0.3) is 0 Å². The summed E-state index contributed by atoms with van der Waals surface area (Å²) < 4.78 is 0. The zero-order chi connectivity index (χ0) is 12.0. The van der Waals surface area contributed by atoms with Crippen molar-refractivity contribution in [3.8, 4) is 0 Å². The van der Waals surface area contributed by atoms with E-state index in [0.29, 0.717) is 12.6 Å². The highest BCUT2D eigenvalue weighted by Crippen LogP contribution is 2.31. The van der Waals surface area contributed by atoms with E-state index in [4.69, 9.17) is 10.6 Å². The Balaban J connectivity index is 1.75. The van der Waals surface area contributed by atoms with Gasteiger partial charge in [-0.25, -0.2) is 4.79 Å². The number of carbonyl (C=O) groups is 1. The van der Waals surface area contributed by atoms with Crippen molar-refractivity contribution in [1.29, 1.82) is 0 Å². The van der Waals surface area contributed by atoms with Crippen LogP contribution in [0.5, 0.6) is 0 Å². The first-order valence-corrected chi connectivity index (χ1v) is 6.16. The predicted molar refractivity (Wildman–Crippen MR) is 62.7 cm³/mol. The summed E-state index contributed by atoms with van der Waals surface area (Å²) in [4.78, 5) is 21.1. The summed E-state index contributed by atoms with van der Waals surface area (Å²) in [7, 11) is 1.88. The smallest absolute Gasteiger partial charge is 0.320 e. The zero-order valence-electron chi connectivity index (χ0n) is 10.0. The van der Waals surface area contributed by atoms with E-state index in [1.165, 1.54) is 0 Å². The van der Waals surface area contributed by atoms with E-state index in [2.05, 4.69) is 5.16 Å². The van der Waals surface area contributed by atoms with Gasteiger partial charge < -0.3 is 20.4 Å². The Morgan fingerprint density at radius 3 is 3.06 bits per heavy atom. The van der Waals surface area contributed by atoms with Crippen molar-refractivity contribution in [3.63, 3.8) is 0 Å². The number of oxime groups is 1. The summed E-state index contributed by atoms with van der Waals surface area (Å²) in [5.41, 5.74) is 6.55. The molecule has 2 amide bonds. The zero-order valence-corrected chi connectivity index (χ0v) is 10.0. The second kappa shape index (κ2) is 3.87. The Morgan fingerprint density at radius 2 is 2.35 bits per heavy atom. The predicted octanol–water partition coefficient (Wildman–Crippen LogP) is -0.0116. The minimum absolute atomic E-state index is 0.00171. The molecule has 0 aliphatic carbocycles. The summed E-state index contributed by atoms with van der Waals surface area (Å²) in [6, 6.07) is 0.628. The van der Waals surface area contributed by atoms with Crippen molar-refractivity contribution in [2.75, 3.05) is 20.1 Å². The molecule has 3 rings (SSSR count). The monoisotopic (exact) mass is 238 g/mol. The fourth-order valence-corrected chi connectivity index (χ4v) is 2.96. The van der Waals surface area contributed by atoms with E-state index in [1.807, 2.05) is 16.8 Å². The molecule has 94 valence electrons. The summed E-state index contributed by atoms with van der Waals surface area (Å²) in [6.07, 6.45) is 2.80. The molecule has 2 fully saturated rings. The third kappa shape index (κ3) is 1.58. The van der Waals surface area contributed by atoms with Gasteiger partial charge in [0.05, 0.1) is 17.8 Å². The molecule has 0 saturated carbocycles. The Kier molecular flexibility index (Phi) is 2.47.